The molecule has 0 spiro atoms. The van der Waals surface area contributed by atoms with Gasteiger partial charge in [0.05, 0.1) is 5.75 Å². The van der Waals surface area contributed by atoms with Gasteiger partial charge in [0.15, 0.2) is 0 Å². The fourth-order valence-corrected chi connectivity index (χ4v) is 2.47. The minimum Gasteiger partial charge on any atom is -0.341 e. The standard InChI is InChI=1S/C7H13NO2S2/c9-7(6-11)8-2-1-4-12(10)5-3-8/h11H,1-6H2. The molecule has 0 N–H and O–H groups in total. The molecule has 1 heterocycles. The molecule has 0 aromatic heterocycles. The zero-order valence-corrected chi connectivity index (χ0v) is 8.57. The summed E-state index contributed by atoms with van der Waals surface area (Å²) in [5, 5.41) is 0. The molecular formula is C7H13NO2S2. The maximum absolute atomic E-state index is 11.2. The van der Waals surface area contributed by atoms with Gasteiger partial charge in [-0.05, 0) is 6.42 Å². The highest BCUT2D eigenvalue weighted by molar-refractivity contribution is 7.85. The van der Waals surface area contributed by atoms with Gasteiger partial charge < -0.3 is 4.90 Å². The fraction of sp³-hybridized carbons (Fsp3) is 0.857. The zero-order valence-electron chi connectivity index (χ0n) is 6.86. The highest BCUT2D eigenvalue weighted by Crippen LogP contribution is 2.02. The minimum atomic E-state index is -0.716. The van der Waals surface area contributed by atoms with Crippen LogP contribution < -0.4 is 0 Å². The van der Waals surface area contributed by atoms with Crippen LogP contribution >= 0.6 is 12.6 Å². The lowest BCUT2D eigenvalue weighted by Gasteiger charge is -2.18. The maximum atomic E-state index is 11.2. The van der Waals surface area contributed by atoms with Crippen molar-refractivity contribution < 1.29 is 9.00 Å². The molecule has 1 unspecified atom stereocenters. The van der Waals surface area contributed by atoms with Crippen molar-refractivity contribution in [2.75, 3.05) is 30.3 Å². The summed E-state index contributed by atoms with van der Waals surface area (Å²) in [4.78, 5) is 12.9. The van der Waals surface area contributed by atoms with Crippen LogP contribution in [0.3, 0.4) is 0 Å². The number of amides is 1. The smallest absolute Gasteiger partial charge is 0.232 e. The molecule has 1 fully saturated rings. The lowest BCUT2D eigenvalue weighted by molar-refractivity contribution is -0.128. The Bertz CT molecular complexity index is 196. The Hall–Kier alpha value is -0.0300. The van der Waals surface area contributed by atoms with Gasteiger partial charge in [-0.15, -0.1) is 0 Å². The molecule has 12 heavy (non-hydrogen) atoms. The minimum absolute atomic E-state index is 0.0530. The average Bonchev–Trinajstić information content (AvgIpc) is 2.29. The normalized spacial score (nSPS) is 25.1. The number of nitrogens with zero attached hydrogens (tertiary/aromatic N) is 1. The summed E-state index contributed by atoms with van der Waals surface area (Å²) in [5.41, 5.74) is 0. The van der Waals surface area contributed by atoms with E-state index in [-0.39, 0.29) is 11.7 Å². The number of thiol groups is 1. The van der Waals surface area contributed by atoms with Gasteiger partial charge in [0.2, 0.25) is 5.91 Å². The first-order valence-electron chi connectivity index (χ1n) is 3.97. The van der Waals surface area contributed by atoms with Gasteiger partial charge in [0.25, 0.3) is 0 Å². The molecule has 1 rings (SSSR count). The topological polar surface area (TPSA) is 37.4 Å². The predicted octanol–water partition coefficient (Wildman–Crippen LogP) is -0.103. The van der Waals surface area contributed by atoms with Crippen molar-refractivity contribution in [1.82, 2.24) is 4.90 Å². The molecule has 0 aliphatic carbocycles. The molecule has 3 nitrogen and oxygen atoms in total. The third kappa shape index (κ3) is 2.79. The molecule has 0 radical (unpaired) electrons. The van der Waals surface area contributed by atoms with Crippen molar-refractivity contribution in [3.05, 3.63) is 0 Å². The van der Waals surface area contributed by atoms with E-state index < -0.39 is 10.8 Å². The molecule has 1 saturated heterocycles. The highest BCUT2D eigenvalue weighted by atomic mass is 32.2. The van der Waals surface area contributed by atoms with Crippen molar-refractivity contribution >= 4 is 29.3 Å². The van der Waals surface area contributed by atoms with E-state index in [4.69, 9.17) is 0 Å². The van der Waals surface area contributed by atoms with Crippen LogP contribution in [0.4, 0.5) is 0 Å². The second kappa shape index (κ2) is 4.87. The summed E-state index contributed by atoms with van der Waals surface area (Å²) < 4.78 is 11.1. The first kappa shape index (κ1) is 10.1. The molecular weight excluding hydrogens is 194 g/mol. The molecule has 0 saturated carbocycles. The fourth-order valence-electron chi connectivity index (χ4n) is 1.19. The summed E-state index contributed by atoms with van der Waals surface area (Å²) in [7, 11) is -0.716. The van der Waals surface area contributed by atoms with Crippen molar-refractivity contribution in [2.45, 2.75) is 6.42 Å². The Labute approximate surface area is 80.4 Å². The number of hydrogen-bond donors (Lipinski definition) is 1. The Kier molecular flexibility index (Phi) is 4.08. The van der Waals surface area contributed by atoms with Crippen LogP contribution in [-0.2, 0) is 15.6 Å². The maximum Gasteiger partial charge on any atom is 0.232 e. The van der Waals surface area contributed by atoms with Crippen molar-refractivity contribution in [1.29, 1.82) is 0 Å². The van der Waals surface area contributed by atoms with E-state index in [1.54, 1.807) is 4.90 Å². The van der Waals surface area contributed by atoms with Gasteiger partial charge in [0, 0.05) is 35.4 Å². The van der Waals surface area contributed by atoms with Crippen molar-refractivity contribution in [3.8, 4) is 0 Å². The Morgan fingerprint density at radius 3 is 2.83 bits per heavy atom. The van der Waals surface area contributed by atoms with Crippen LogP contribution in [0.25, 0.3) is 0 Å². The third-order valence-electron chi connectivity index (χ3n) is 1.88. The second-order valence-corrected chi connectivity index (χ2v) is 4.75. The second-order valence-electron chi connectivity index (χ2n) is 2.74. The first-order chi connectivity index (χ1) is 5.74. The van der Waals surface area contributed by atoms with Gasteiger partial charge in [0.1, 0.15) is 0 Å². The molecule has 1 amide bonds. The van der Waals surface area contributed by atoms with E-state index in [2.05, 4.69) is 12.6 Å². The Morgan fingerprint density at radius 2 is 2.17 bits per heavy atom. The molecule has 0 bridgehead atoms. The molecule has 1 aliphatic heterocycles. The van der Waals surface area contributed by atoms with Crippen LogP contribution in [0.5, 0.6) is 0 Å². The van der Waals surface area contributed by atoms with Gasteiger partial charge in [-0.25, -0.2) is 0 Å². The zero-order chi connectivity index (χ0) is 8.97. The molecule has 1 aliphatic rings. The van der Waals surface area contributed by atoms with E-state index in [0.717, 1.165) is 18.7 Å². The Balaban J connectivity index is 2.45. The summed E-state index contributed by atoms with van der Waals surface area (Å²) in [6.45, 7) is 1.37. The summed E-state index contributed by atoms with van der Waals surface area (Å²) in [5.74, 6) is 1.67. The summed E-state index contributed by atoms with van der Waals surface area (Å²) >= 11 is 3.92. The molecule has 0 aromatic rings. The van der Waals surface area contributed by atoms with Crippen molar-refractivity contribution in [2.24, 2.45) is 0 Å². The molecule has 5 heteroatoms. The largest absolute Gasteiger partial charge is 0.341 e. The summed E-state index contributed by atoms with van der Waals surface area (Å²) in [6, 6.07) is 0. The molecule has 70 valence electrons. The third-order valence-corrected chi connectivity index (χ3v) is 3.53. The van der Waals surface area contributed by atoms with Gasteiger partial charge in [-0.2, -0.15) is 12.6 Å². The SMILES string of the molecule is O=C(CS)N1CCCS(=O)CC1. The van der Waals surface area contributed by atoms with E-state index in [9.17, 15) is 9.00 Å². The molecule has 0 aromatic carbocycles. The van der Waals surface area contributed by atoms with Gasteiger partial charge in [-0.3, -0.25) is 9.00 Å². The lowest BCUT2D eigenvalue weighted by Crippen LogP contribution is -2.34. The highest BCUT2D eigenvalue weighted by Gasteiger charge is 2.16. The van der Waals surface area contributed by atoms with Crippen molar-refractivity contribution in [3.63, 3.8) is 0 Å². The van der Waals surface area contributed by atoms with Crippen LogP contribution in [0, 0.1) is 0 Å². The van der Waals surface area contributed by atoms with Gasteiger partial charge >= 0.3 is 0 Å². The van der Waals surface area contributed by atoms with Gasteiger partial charge in [-0.1, -0.05) is 0 Å². The summed E-state index contributed by atoms with van der Waals surface area (Å²) in [6.07, 6.45) is 0.853. The number of carbonyl (C=O) groups excluding carboxylic acids is 1. The number of rotatable bonds is 1. The molecule has 1 atom stereocenters. The lowest BCUT2D eigenvalue weighted by atomic mass is 10.4. The van der Waals surface area contributed by atoms with Crippen LogP contribution in [0.1, 0.15) is 6.42 Å². The quantitative estimate of drug-likeness (QED) is 0.610. The van der Waals surface area contributed by atoms with Crippen LogP contribution in [-0.4, -0.2) is 45.4 Å². The predicted molar refractivity (Wildman–Crippen MR) is 52.9 cm³/mol. The van der Waals surface area contributed by atoms with E-state index >= 15 is 0 Å². The Morgan fingerprint density at radius 1 is 1.42 bits per heavy atom. The van der Waals surface area contributed by atoms with E-state index in [1.807, 2.05) is 0 Å². The average molecular weight is 207 g/mol. The van der Waals surface area contributed by atoms with Crippen LogP contribution in [0.2, 0.25) is 0 Å². The van der Waals surface area contributed by atoms with E-state index in [1.165, 1.54) is 0 Å². The number of carbonyl (C=O) groups is 1. The van der Waals surface area contributed by atoms with Crippen LogP contribution in [0.15, 0.2) is 0 Å². The monoisotopic (exact) mass is 207 g/mol. The van der Waals surface area contributed by atoms with E-state index in [0.29, 0.717) is 12.3 Å². The number of hydrogen-bond acceptors (Lipinski definition) is 3. The first-order valence-corrected chi connectivity index (χ1v) is 6.09.